The van der Waals surface area contributed by atoms with Gasteiger partial charge in [0.1, 0.15) is 5.65 Å². The number of fused-ring (bicyclic) bond motifs is 1. The van der Waals surface area contributed by atoms with E-state index in [1.807, 2.05) is 28.4 Å². The van der Waals surface area contributed by atoms with Crippen LogP contribution in [0.25, 0.3) is 5.65 Å². The van der Waals surface area contributed by atoms with Gasteiger partial charge in [-0.3, -0.25) is 0 Å². The Hall–Kier alpha value is -1.49. The SMILES string of the molecule is COC(=O)c1ccc2nc(CC3CCCS3)cn2c1. The minimum atomic E-state index is -0.316. The predicted molar refractivity (Wildman–Crippen MR) is 75.7 cm³/mol. The molecular weight excluding hydrogens is 260 g/mol. The molecule has 1 aliphatic heterocycles. The standard InChI is InChI=1S/C14H16N2O2S/c1-18-14(17)10-4-5-13-15-11(9-16(13)8-10)7-12-3-2-6-19-12/h4-5,8-9,12H,2-3,6-7H2,1H3. The molecule has 5 heteroatoms. The van der Waals surface area contributed by atoms with Gasteiger partial charge in [0.2, 0.25) is 0 Å². The molecular formula is C14H16N2O2S. The molecule has 0 spiro atoms. The molecule has 100 valence electrons. The molecule has 0 radical (unpaired) electrons. The zero-order valence-electron chi connectivity index (χ0n) is 10.8. The third kappa shape index (κ3) is 2.61. The maximum absolute atomic E-state index is 11.5. The summed E-state index contributed by atoms with van der Waals surface area (Å²) in [5.41, 5.74) is 2.53. The summed E-state index contributed by atoms with van der Waals surface area (Å²) in [4.78, 5) is 16.1. The second-order valence-electron chi connectivity index (χ2n) is 4.75. The monoisotopic (exact) mass is 276 g/mol. The Bertz CT molecular complexity index is 603. The van der Waals surface area contributed by atoms with Gasteiger partial charge in [-0.05, 0) is 30.7 Å². The number of pyridine rings is 1. The Morgan fingerprint density at radius 1 is 1.53 bits per heavy atom. The molecule has 0 bridgehead atoms. The molecule has 0 amide bonds. The van der Waals surface area contributed by atoms with E-state index in [-0.39, 0.29) is 5.97 Å². The number of hydrogen-bond donors (Lipinski definition) is 0. The molecule has 3 heterocycles. The van der Waals surface area contributed by atoms with Crippen molar-refractivity contribution < 1.29 is 9.53 Å². The van der Waals surface area contributed by atoms with Crippen LogP contribution in [0.1, 0.15) is 28.9 Å². The highest BCUT2D eigenvalue weighted by atomic mass is 32.2. The van der Waals surface area contributed by atoms with Crippen LogP contribution in [-0.4, -0.2) is 33.5 Å². The molecule has 1 saturated heterocycles. The first-order valence-corrected chi connectivity index (χ1v) is 7.48. The maximum Gasteiger partial charge on any atom is 0.339 e. The summed E-state index contributed by atoms with van der Waals surface area (Å²) in [6, 6.07) is 3.61. The van der Waals surface area contributed by atoms with Crippen LogP contribution < -0.4 is 0 Å². The molecule has 1 fully saturated rings. The van der Waals surface area contributed by atoms with E-state index in [4.69, 9.17) is 4.74 Å². The summed E-state index contributed by atoms with van der Waals surface area (Å²) in [5.74, 6) is 0.952. The van der Waals surface area contributed by atoms with Crippen molar-refractivity contribution in [2.75, 3.05) is 12.9 Å². The van der Waals surface area contributed by atoms with E-state index >= 15 is 0 Å². The minimum absolute atomic E-state index is 0.316. The van der Waals surface area contributed by atoms with E-state index in [2.05, 4.69) is 4.98 Å². The molecule has 0 aromatic carbocycles. The third-order valence-electron chi connectivity index (χ3n) is 3.38. The van der Waals surface area contributed by atoms with Crippen molar-refractivity contribution in [3.8, 4) is 0 Å². The van der Waals surface area contributed by atoms with Crippen LogP contribution in [0.2, 0.25) is 0 Å². The molecule has 2 aromatic heterocycles. The van der Waals surface area contributed by atoms with Gasteiger partial charge >= 0.3 is 5.97 Å². The zero-order chi connectivity index (χ0) is 13.2. The second kappa shape index (κ2) is 5.25. The average Bonchev–Trinajstić information content (AvgIpc) is 3.05. The van der Waals surface area contributed by atoms with Crippen molar-refractivity contribution in [3.05, 3.63) is 35.8 Å². The fourth-order valence-corrected chi connectivity index (χ4v) is 3.71. The molecule has 3 rings (SSSR count). The van der Waals surface area contributed by atoms with Crippen molar-refractivity contribution in [1.82, 2.24) is 9.38 Å². The first-order valence-electron chi connectivity index (χ1n) is 6.44. The molecule has 2 aromatic rings. The van der Waals surface area contributed by atoms with Crippen LogP contribution in [0.15, 0.2) is 24.5 Å². The summed E-state index contributed by atoms with van der Waals surface area (Å²) in [5, 5.41) is 0.699. The summed E-state index contributed by atoms with van der Waals surface area (Å²) >= 11 is 2.04. The van der Waals surface area contributed by atoms with E-state index in [1.165, 1.54) is 25.7 Å². The molecule has 1 unspecified atom stereocenters. The Morgan fingerprint density at radius 2 is 2.42 bits per heavy atom. The lowest BCUT2D eigenvalue weighted by Gasteiger charge is -2.03. The molecule has 4 nitrogen and oxygen atoms in total. The Kier molecular flexibility index (Phi) is 3.46. The largest absolute Gasteiger partial charge is 0.465 e. The van der Waals surface area contributed by atoms with Crippen LogP contribution in [0.3, 0.4) is 0 Å². The van der Waals surface area contributed by atoms with Gasteiger partial charge in [-0.1, -0.05) is 0 Å². The fourth-order valence-electron chi connectivity index (χ4n) is 2.42. The van der Waals surface area contributed by atoms with Gasteiger partial charge in [-0.25, -0.2) is 9.78 Å². The normalized spacial score (nSPS) is 18.9. The molecule has 1 aliphatic rings. The molecule has 0 aliphatic carbocycles. The highest BCUT2D eigenvalue weighted by molar-refractivity contribution is 8.00. The maximum atomic E-state index is 11.5. The Morgan fingerprint density at radius 3 is 3.16 bits per heavy atom. The van der Waals surface area contributed by atoms with Gasteiger partial charge in [-0.15, -0.1) is 0 Å². The van der Waals surface area contributed by atoms with Crippen molar-refractivity contribution in [2.45, 2.75) is 24.5 Å². The Balaban J connectivity index is 1.85. The van der Waals surface area contributed by atoms with E-state index < -0.39 is 0 Å². The lowest BCUT2D eigenvalue weighted by atomic mass is 10.2. The minimum Gasteiger partial charge on any atom is -0.465 e. The van der Waals surface area contributed by atoms with Gasteiger partial charge < -0.3 is 9.14 Å². The van der Waals surface area contributed by atoms with Crippen LogP contribution in [0, 0.1) is 0 Å². The van der Waals surface area contributed by atoms with Crippen molar-refractivity contribution in [2.24, 2.45) is 0 Å². The van der Waals surface area contributed by atoms with E-state index in [1.54, 1.807) is 12.3 Å². The number of methoxy groups -OCH3 is 1. The van der Waals surface area contributed by atoms with Gasteiger partial charge in [0.25, 0.3) is 0 Å². The summed E-state index contributed by atoms with van der Waals surface area (Å²) < 4.78 is 6.63. The fraction of sp³-hybridized carbons (Fsp3) is 0.429. The first-order chi connectivity index (χ1) is 9.26. The van der Waals surface area contributed by atoms with Crippen molar-refractivity contribution in [1.29, 1.82) is 0 Å². The van der Waals surface area contributed by atoms with Crippen molar-refractivity contribution in [3.63, 3.8) is 0 Å². The number of rotatable bonds is 3. The van der Waals surface area contributed by atoms with E-state index in [0.29, 0.717) is 10.8 Å². The lowest BCUT2D eigenvalue weighted by molar-refractivity contribution is 0.0600. The molecule has 0 saturated carbocycles. The Labute approximate surface area is 116 Å². The summed E-state index contributed by atoms with van der Waals surface area (Å²) in [6.07, 6.45) is 7.40. The smallest absolute Gasteiger partial charge is 0.339 e. The second-order valence-corrected chi connectivity index (χ2v) is 6.15. The average molecular weight is 276 g/mol. The topological polar surface area (TPSA) is 43.6 Å². The molecule has 19 heavy (non-hydrogen) atoms. The van der Waals surface area contributed by atoms with Crippen LogP contribution >= 0.6 is 11.8 Å². The number of aromatic nitrogens is 2. The van der Waals surface area contributed by atoms with Crippen LogP contribution in [0.4, 0.5) is 0 Å². The number of carbonyl (C=O) groups excluding carboxylic acids is 1. The summed E-state index contributed by atoms with van der Waals surface area (Å²) in [6.45, 7) is 0. The van der Waals surface area contributed by atoms with Gasteiger partial charge in [0.05, 0.1) is 18.4 Å². The number of carbonyl (C=O) groups is 1. The number of hydrogen-bond acceptors (Lipinski definition) is 4. The van der Waals surface area contributed by atoms with Crippen LogP contribution in [-0.2, 0) is 11.2 Å². The van der Waals surface area contributed by atoms with Gasteiger partial charge in [0, 0.05) is 24.1 Å². The quantitative estimate of drug-likeness (QED) is 0.808. The van der Waals surface area contributed by atoms with Gasteiger partial charge in [0.15, 0.2) is 0 Å². The van der Waals surface area contributed by atoms with Gasteiger partial charge in [-0.2, -0.15) is 11.8 Å². The first kappa shape index (κ1) is 12.5. The number of esters is 1. The summed E-state index contributed by atoms with van der Waals surface area (Å²) in [7, 11) is 1.39. The van der Waals surface area contributed by atoms with E-state index in [0.717, 1.165) is 17.8 Å². The number of thioether (sulfide) groups is 1. The highest BCUT2D eigenvalue weighted by Gasteiger charge is 2.17. The number of nitrogens with zero attached hydrogens (tertiary/aromatic N) is 2. The zero-order valence-corrected chi connectivity index (χ0v) is 11.7. The predicted octanol–water partition coefficient (Wildman–Crippen LogP) is 2.56. The molecule has 0 N–H and O–H groups in total. The number of ether oxygens (including phenoxy) is 1. The number of imidazole rings is 1. The van der Waals surface area contributed by atoms with Crippen LogP contribution in [0.5, 0.6) is 0 Å². The molecule has 1 atom stereocenters. The third-order valence-corrected chi connectivity index (χ3v) is 4.78. The highest BCUT2D eigenvalue weighted by Crippen LogP contribution is 2.28. The van der Waals surface area contributed by atoms with E-state index in [9.17, 15) is 4.79 Å². The lowest BCUT2D eigenvalue weighted by Crippen LogP contribution is -2.02. The van der Waals surface area contributed by atoms with Crippen molar-refractivity contribution >= 4 is 23.4 Å².